The number of aryl methyl sites for hydroxylation is 1. The van der Waals surface area contributed by atoms with Gasteiger partial charge >= 0.3 is 5.91 Å². The van der Waals surface area contributed by atoms with Gasteiger partial charge in [-0.2, -0.15) is 0 Å². The number of aliphatic hydroxyl groups is 1. The summed E-state index contributed by atoms with van der Waals surface area (Å²) < 4.78 is 17.1. The molecule has 1 aromatic heterocycles. The highest BCUT2D eigenvalue weighted by Crippen LogP contribution is 2.45. The van der Waals surface area contributed by atoms with Gasteiger partial charge in [0.25, 0.3) is 5.78 Å². The lowest BCUT2D eigenvalue weighted by Gasteiger charge is -2.24. The average molecular weight is 549 g/mol. The van der Waals surface area contributed by atoms with Crippen molar-refractivity contribution >= 4 is 39.7 Å². The molecule has 1 saturated heterocycles. The van der Waals surface area contributed by atoms with E-state index in [9.17, 15) is 19.5 Å². The number of aliphatic hydroxyl groups excluding tert-OH is 1. The summed E-state index contributed by atoms with van der Waals surface area (Å²) in [7, 11) is 0. The van der Waals surface area contributed by atoms with Crippen molar-refractivity contribution in [3.63, 3.8) is 0 Å². The van der Waals surface area contributed by atoms with Crippen molar-refractivity contribution in [3.05, 3.63) is 69.7 Å². The third-order valence-corrected chi connectivity index (χ3v) is 7.77. The van der Waals surface area contributed by atoms with Gasteiger partial charge in [-0.05, 0) is 49.2 Å². The molecule has 39 heavy (non-hydrogen) atoms. The molecule has 0 spiro atoms. The second-order valence-electron chi connectivity index (χ2n) is 9.27. The molecule has 0 unspecified atom stereocenters. The minimum atomic E-state index is -1.00. The lowest BCUT2D eigenvalue weighted by Crippen LogP contribution is -2.29. The van der Waals surface area contributed by atoms with Gasteiger partial charge in [0, 0.05) is 12.5 Å². The fraction of sp³-hybridized carbons (Fsp3) is 0.310. The van der Waals surface area contributed by atoms with Gasteiger partial charge in [-0.3, -0.25) is 19.3 Å². The molecule has 0 bridgehead atoms. The van der Waals surface area contributed by atoms with Crippen LogP contribution in [0.3, 0.4) is 0 Å². The highest BCUT2D eigenvalue weighted by molar-refractivity contribution is 7.18. The number of carbonyl (C=O) groups excluding carboxylic acids is 3. The summed E-state index contributed by atoms with van der Waals surface area (Å²) in [5.74, 6) is -0.708. The predicted molar refractivity (Wildman–Crippen MR) is 146 cm³/mol. The summed E-state index contributed by atoms with van der Waals surface area (Å²) in [5.41, 5.74) is 1.23. The number of Topliss-reactive ketones (excluding diaryl/α,β-unsaturated/α-hetero) is 2. The van der Waals surface area contributed by atoms with E-state index in [0.29, 0.717) is 58.8 Å². The molecule has 0 saturated carbocycles. The molecule has 2 aliphatic heterocycles. The van der Waals surface area contributed by atoms with Crippen molar-refractivity contribution in [3.8, 4) is 17.2 Å². The van der Waals surface area contributed by atoms with Crippen LogP contribution in [0.25, 0.3) is 5.76 Å². The Morgan fingerprint density at radius 1 is 1.15 bits per heavy atom. The Morgan fingerprint density at radius 2 is 1.92 bits per heavy atom. The molecule has 1 fully saturated rings. The number of fused-ring (bicyclic) bond motifs is 1. The first-order valence-electron chi connectivity index (χ1n) is 12.7. The Balaban J connectivity index is 1.66. The van der Waals surface area contributed by atoms with Crippen LogP contribution in [0.15, 0.2) is 48.0 Å². The number of ether oxygens (including phenoxy) is 3. The van der Waals surface area contributed by atoms with E-state index in [4.69, 9.17) is 14.2 Å². The quantitative estimate of drug-likeness (QED) is 0.134. The molecule has 2 aromatic carbocycles. The number of amides is 1. The van der Waals surface area contributed by atoms with E-state index in [1.807, 2.05) is 0 Å². The number of ketones is 2. The van der Waals surface area contributed by atoms with Crippen molar-refractivity contribution in [1.82, 2.24) is 4.98 Å². The van der Waals surface area contributed by atoms with Crippen molar-refractivity contribution in [1.29, 1.82) is 0 Å². The Labute approximate surface area is 229 Å². The van der Waals surface area contributed by atoms with Crippen molar-refractivity contribution in [2.75, 3.05) is 24.7 Å². The number of rotatable bonds is 8. The first kappa shape index (κ1) is 26.4. The minimum Gasteiger partial charge on any atom is -0.507 e. The molecule has 0 aliphatic carbocycles. The smallest absolute Gasteiger partial charge is 0.301 e. The highest BCUT2D eigenvalue weighted by Gasteiger charge is 2.48. The zero-order valence-electron chi connectivity index (χ0n) is 21.9. The van der Waals surface area contributed by atoms with Crippen molar-refractivity contribution in [2.45, 2.75) is 39.7 Å². The summed E-state index contributed by atoms with van der Waals surface area (Å²) in [6, 6.07) is 10.9. The molecule has 2 aliphatic rings. The van der Waals surface area contributed by atoms with Crippen LogP contribution in [0.2, 0.25) is 0 Å². The van der Waals surface area contributed by atoms with Gasteiger partial charge in [-0.25, -0.2) is 4.98 Å². The summed E-state index contributed by atoms with van der Waals surface area (Å²) in [6.07, 6.45) is 1.84. The molecule has 3 aromatic rings. The average Bonchev–Trinajstić information content (AvgIpc) is 3.45. The van der Waals surface area contributed by atoms with Gasteiger partial charge in [0.05, 0.1) is 28.8 Å². The van der Waals surface area contributed by atoms with Gasteiger partial charge < -0.3 is 19.3 Å². The standard InChI is InChI=1S/C29H28N2O7S/c1-4-5-11-36-20-8-6-7-18(14-20)24-23(25(33)19-9-10-21-22(15-19)38-13-12-37-21)26(34)28(35)31(24)29-30-16(2)27(39-29)17(3)32/h6-10,14-15,24,33H,4-5,11-13H2,1-3H3/t24-/m1/s1. The van der Waals surface area contributed by atoms with Crippen LogP contribution in [-0.4, -0.2) is 47.4 Å². The molecule has 5 rings (SSSR count). The molecule has 202 valence electrons. The van der Waals surface area contributed by atoms with Crippen LogP contribution >= 0.6 is 11.3 Å². The molecule has 0 radical (unpaired) electrons. The molecule has 9 nitrogen and oxygen atoms in total. The molecule has 10 heteroatoms. The Kier molecular flexibility index (Phi) is 7.38. The maximum Gasteiger partial charge on any atom is 0.301 e. The largest absolute Gasteiger partial charge is 0.507 e. The monoisotopic (exact) mass is 548 g/mol. The van der Waals surface area contributed by atoms with Crippen LogP contribution in [0.1, 0.15) is 59.2 Å². The van der Waals surface area contributed by atoms with E-state index in [1.54, 1.807) is 49.4 Å². The summed E-state index contributed by atoms with van der Waals surface area (Å²) >= 11 is 1.04. The highest BCUT2D eigenvalue weighted by atomic mass is 32.1. The van der Waals surface area contributed by atoms with E-state index < -0.39 is 17.7 Å². The first-order chi connectivity index (χ1) is 18.8. The number of unbranched alkanes of at least 4 members (excludes halogenated alkanes) is 1. The summed E-state index contributed by atoms with van der Waals surface area (Å²) in [6.45, 7) is 6.46. The Morgan fingerprint density at radius 3 is 2.64 bits per heavy atom. The summed E-state index contributed by atoms with van der Waals surface area (Å²) in [5, 5.41) is 11.7. The number of carbonyl (C=O) groups is 3. The third kappa shape index (κ3) is 4.99. The number of aromatic nitrogens is 1. The topological polar surface area (TPSA) is 115 Å². The van der Waals surface area contributed by atoms with Crippen LogP contribution in [-0.2, 0) is 9.59 Å². The fourth-order valence-electron chi connectivity index (χ4n) is 4.61. The number of hydrogen-bond acceptors (Lipinski definition) is 9. The number of anilines is 1. The SMILES string of the molecule is CCCCOc1cccc([C@@H]2C(=C(O)c3ccc4c(c3)OCCO4)C(=O)C(=O)N2c2nc(C)c(C(C)=O)s2)c1. The zero-order valence-corrected chi connectivity index (χ0v) is 22.7. The molecular formula is C29H28N2O7S. The van der Waals surface area contributed by atoms with Crippen molar-refractivity contribution in [2.24, 2.45) is 0 Å². The van der Waals surface area contributed by atoms with E-state index in [1.165, 1.54) is 11.8 Å². The van der Waals surface area contributed by atoms with Gasteiger partial charge in [0.2, 0.25) is 0 Å². The van der Waals surface area contributed by atoms with Gasteiger partial charge in [0.1, 0.15) is 24.7 Å². The van der Waals surface area contributed by atoms with Gasteiger partial charge in [-0.15, -0.1) is 0 Å². The number of thiazole rings is 1. The van der Waals surface area contributed by atoms with Crippen LogP contribution in [0.5, 0.6) is 17.2 Å². The van der Waals surface area contributed by atoms with E-state index in [2.05, 4.69) is 11.9 Å². The van der Waals surface area contributed by atoms with E-state index >= 15 is 0 Å². The number of nitrogens with zero attached hydrogens (tertiary/aromatic N) is 2. The Bertz CT molecular complexity index is 1490. The molecule has 1 amide bonds. The normalized spacial score (nSPS) is 17.9. The molecule has 1 N–H and O–H groups in total. The molecular weight excluding hydrogens is 520 g/mol. The zero-order chi connectivity index (χ0) is 27.7. The summed E-state index contributed by atoms with van der Waals surface area (Å²) in [4.78, 5) is 45.3. The lowest BCUT2D eigenvalue weighted by atomic mass is 9.95. The predicted octanol–water partition coefficient (Wildman–Crippen LogP) is 5.23. The van der Waals surface area contributed by atoms with Crippen LogP contribution < -0.4 is 19.1 Å². The third-order valence-electron chi connectivity index (χ3n) is 6.51. The van der Waals surface area contributed by atoms with E-state index in [0.717, 1.165) is 24.2 Å². The lowest BCUT2D eigenvalue weighted by molar-refractivity contribution is -0.132. The Hall–Kier alpha value is -4.18. The van der Waals surface area contributed by atoms with Crippen molar-refractivity contribution < 1.29 is 33.7 Å². The second-order valence-corrected chi connectivity index (χ2v) is 10.2. The number of hydrogen-bond donors (Lipinski definition) is 1. The van der Waals surface area contributed by atoms with Crippen LogP contribution in [0, 0.1) is 6.92 Å². The molecule has 1 atom stereocenters. The number of benzene rings is 2. The fourth-order valence-corrected chi connectivity index (χ4v) is 5.60. The first-order valence-corrected chi connectivity index (χ1v) is 13.5. The van der Waals surface area contributed by atoms with Gasteiger partial charge in [0.15, 0.2) is 22.4 Å². The second kappa shape index (κ2) is 10.9. The van der Waals surface area contributed by atoms with E-state index in [-0.39, 0.29) is 22.2 Å². The van der Waals surface area contributed by atoms with Gasteiger partial charge in [-0.1, -0.05) is 36.8 Å². The molecule has 3 heterocycles. The van der Waals surface area contributed by atoms with Crippen LogP contribution in [0.4, 0.5) is 5.13 Å². The maximum atomic E-state index is 13.5. The maximum absolute atomic E-state index is 13.5. The minimum absolute atomic E-state index is 0.0976.